The van der Waals surface area contributed by atoms with Gasteiger partial charge in [0.25, 0.3) is 0 Å². The minimum Gasteiger partial charge on any atom is -0.495 e. The monoisotopic (exact) mass is 627 g/mol. The zero-order valence-corrected chi connectivity index (χ0v) is 27.1. The second kappa shape index (κ2) is 15.8. The number of hydrogen-bond donors (Lipinski definition) is 1. The molecule has 0 bridgehead atoms. The second-order valence-corrected chi connectivity index (χ2v) is 13.0. The summed E-state index contributed by atoms with van der Waals surface area (Å²) in [6.45, 7) is 6.23. The van der Waals surface area contributed by atoms with Gasteiger partial charge in [-0.3, -0.25) is 13.9 Å². The molecule has 232 valence electrons. The molecule has 0 spiro atoms. The molecule has 43 heavy (non-hydrogen) atoms. The number of sulfonamides is 1. The lowest BCUT2D eigenvalue weighted by molar-refractivity contribution is -0.141. The Kier molecular flexibility index (Phi) is 12.5. The third kappa shape index (κ3) is 9.73. The molecule has 0 aliphatic heterocycles. The summed E-state index contributed by atoms with van der Waals surface area (Å²) < 4.78 is 31.9. The number of carbonyl (C=O) groups excluding carboxylic acids is 2. The molecule has 0 radical (unpaired) electrons. The van der Waals surface area contributed by atoms with E-state index in [-0.39, 0.29) is 48.8 Å². The van der Waals surface area contributed by atoms with Gasteiger partial charge in [0.15, 0.2) is 0 Å². The number of aryl methyl sites for hydroxylation is 1. The maximum absolute atomic E-state index is 14.0. The average molecular weight is 628 g/mol. The van der Waals surface area contributed by atoms with E-state index in [1.807, 2.05) is 75.4 Å². The molecule has 0 aromatic heterocycles. The fourth-order valence-electron chi connectivity index (χ4n) is 4.78. The van der Waals surface area contributed by atoms with E-state index in [0.717, 1.165) is 29.4 Å². The summed E-state index contributed by atoms with van der Waals surface area (Å²) in [4.78, 5) is 29.3. The van der Waals surface area contributed by atoms with Gasteiger partial charge in [0, 0.05) is 32.0 Å². The molecular formula is C33H42ClN3O5S. The number of rotatable bonds is 15. The van der Waals surface area contributed by atoms with Crippen LogP contribution in [0.2, 0.25) is 5.02 Å². The second-order valence-electron chi connectivity index (χ2n) is 10.7. The average Bonchev–Trinajstić information content (AvgIpc) is 2.97. The van der Waals surface area contributed by atoms with Gasteiger partial charge >= 0.3 is 0 Å². The highest BCUT2D eigenvalue weighted by Gasteiger charge is 2.31. The Labute approximate surface area is 261 Å². The molecule has 2 atom stereocenters. The molecule has 3 rings (SSSR count). The first-order chi connectivity index (χ1) is 20.4. The topological polar surface area (TPSA) is 96.0 Å². The minimum atomic E-state index is -3.67. The zero-order valence-electron chi connectivity index (χ0n) is 25.5. The molecule has 0 aliphatic rings. The van der Waals surface area contributed by atoms with Gasteiger partial charge in [-0.25, -0.2) is 8.42 Å². The number of nitrogens with zero attached hydrogens (tertiary/aromatic N) is 2. The van der Waals surface area contributed by atoms with Crippen LogP contribution in [0.3, 0.4) is 0 Å². The van der Waals surface area contributed by atoms with E-state index in [4.69, 9.17) is 16.3 Å². The molecule has 3 aromatic carbocycles. The van der Waals surface area contributed by atoms with Crippen LogP contribution in [-0.2, 0) is 32.6 Å². The van der Waals surface area contributed by atoms with E-state index in [9.17, 15) is 18.0 Å². The van der Waals surface area contributed by atoms with Crippen LogP contribution in [0.15, 0.2) is 72.8 Å². The number of nitrogens with one attached hydrogen (secondary N) is 1. The number of carbonyl (C=O) groups is 2. The molecule has 0 heterocycles. The van der Waals surface area contributed by atoms with Crippen molar-refractivity contribution < 1.29 is 22.7 Å². The smallest absolute Gasteiger partial charge is 0.243 e. The van der Waals surface area contributed by atoms with Crippen LogP contribution < -0.4 is 14.4 Å². The Morgan fingerprint density at radius 1 is 1.02 bits per heavy atom. The van der Waals surface area contributed by atoms with Gasteiger partial charge in [-0.15, -0.1) is 0 Å². The van der Waals surface area contributed by atoms with Crippen LogP contribution in [0.4, 0.5) is 5.69 Å². The highest BCUT2D eigenvalue weighted by molar-refractivity contribution is 7.92. The number of ether oxygens (including phenoxy) is 1. The number of amides is 2. The summed E-state index contributed by atoms with van der Waals surface area (Å²) >= 11 is 6.27. The zero-order chi connectivity index (χ0) is 31.6. The molecule has 0 fully saturated rings. The van der Waals surface area contributed by atoms with Crippen molar-refractivity contribution in [1.29, 1.82) is 0 Å². The van der Waals surface area contributed by atoms with Gasteiger partial charge in [0.05, 0.1) is 24.1 Å². The van der Waals surface area contributed by atoms with Crippen molar-refractivity contribution in [3.8, 4) is 5.75 Å². The highest BCUT2D eigenvalue weighted by Crippen LogP contribution is 2.30. The normalized spacial score (nSPS) is 12.7. The number of methoxy groups -OCH3 is 1. The van der Waals surface area contributed by atoms with Gasteiger partial charge in [-0.05, 0) is 61.6 Å². The maximum atomic E-state index is 14.0. The predicted octanol–water partition coefficient (Wildman–Crippen LogP) is 5.76. The van der Waals surface area contributed by atoms with Crippen LogP contribution >= 0.6 is 11.6 Å². The molecule has 8 nitrogen and oxygen atoms in total. The Bertz CT molecular complexity index is 1480. The first-order valence-electron chi connectivity index (χ1n) is 14.4. The largest absolute Gasteiger partial charge is 0.495 e. The van der Waals surface area contributed by atoms with E-state index < -0.39 is 16.1 Å². The number of halogens is 1. The summed E-state index contributed by atoms with van der Waals surface area (Å²) in [7, 11) is -2.18. The molecule has 0 saturated carbocycles. The van der Waals surface area contributed by atoms with Crippen molar-refractivity contribution in [2.75, 3.05) is 24.2 Å². The van der Waals surface area contributed by atoms with Crippen LogP contribution in [0.25, 0.3) is 0 Å². The molecular weight excluding hydrogens is 586 g/mol. The van der Waals surface area contributed by atoms with E-state index >= 15 is 0 Å². The van der Waals surface area contributed by atoms with E-state index in [0.29, 0.717) is 17.9 Å². The van der Waals surface area contributed by atoms with E-state index in [1.165, 1.54) is 17.5 Å². The molecule has 2 amide bonds. The molecule has 0 saturated heterocycles. The number of anilines is 1. The summed E-state index contributed by atoms with van der Waals surface area (Å²) in [5.41, 5.74) is 3.28. The van der Waals surface area contributed by atoms with Gasteiger partial charge in [0.2, 0.25) is 21.8 Å². The van der Waals surface area contributed by atoms with Crippen molar-refractivity contribution >= 4 is 39.1 Å². The van der Waals surface area contributed by atoms with Gasteiger partial charge < -0.3 is 15.0 Å². The fraction of sp³-hybridized carbons (Fsp3) is 0.394. The summed E-state index contributed by atoms with van der Waals surface area (Å²) in [6, 6.07) is 21.4. The lowest BCUT2D eigenvalue weighted by Crippen LogP contribution is -2.52. The molecule has 0 aliphatic carbocycles. The summed E-state index contributed by atoms with van der Waals surface area (Å²) in [5.74, 6) is -0.0171. The van der Waals surface area contributed by atoms with E-state index in [1.54, 1.807) is 17.0 Å². The summed E-state index contributed by atoms with van der Waals surface area (Å²) in [5, 5.41) is 3.36. The first-order valence-corrected chi connectivity index (χ1v) is 16.7. The molecule has 1 N–H and O–H groups in total. The standard InChI is InChI=1S/C33H42ClN3O5S/c1-6-25(3)35-33(39)30(21-26-14-8-7-9-15-26)36(23-27-16-11-10-13-24(27)2)32(38)17-12-20-37(43(5,40)41)28-18-19-31(42-4)29(34)22-28/h7-11,13-16,18-19,22,25,30H,6,12,17,20-21,23H2,1-5H3,(H,35,39)/t25-,30-/m0/s1. The van der Waals surface area contributed by atoms with Crippen LogP contribution in [-0.4, -0.2) is 57.1 Å². The molecule has 0 unspecified atom stereocenters. The molecule has 10 heteroatoms. The lowest BCUT2D eigenvalue weighted by Gasteiger charge is -2.33. The first kappa shape index (κ1) is 33.9. The quantitative estimate of drug-likeness (QED) is 0.231. The SMILES string of the molecule is CC[C@H](C)NC(=O)[C@H](Cc1ccccc1)N(Cc1ccccc1C)C(=O)CCCN(c1ccc(OC)c(Cl)c1)S(C)(=O)=O. The van der Waals surface area contributed by atoms with Crippen molar-refractivity contribution in [3.63, 3.8) is 0 Å². The Hall–Kier alpha value is -3.56. The number of benzene rings is 3. The van der Waals surface area contributed by atoms with Crippen LogP contribution in [0, 0.1) is 6.92 Å². The maximum Gasteiger partial charge on any atom is 0.243 e. The van der Waals surface area contributed by atoms with E-state index in [2.05, 4.69) is 5.32 Å². The van der Waals surface area contributed by atoms with Crippen molar-refractivity contribution in [3.05, 3.63) is 94.5 Å². The Morgan fingerprint density at radius 3 is 2.30 bits per heavy atom. The third-order valence-corrected chi connectivity index (χ3v) is 8.94. The predicted molar refractivity (Wildman–Crippen MR) is 173 cm³/mol. The van der Waals surface area contributed by atoms with Gasteiger partial charge in [0.1, 0.15) is 11.8 Å². The fourth-order valence-corrected chi connectivity index (χ4v) is 5.99. The van der Waals surface area contributed by atoms with Crippen LogP contribution in [0.1, 0.15) is 49.8 Å². The van der Waals surface area contributed by atoms with Crippen molar-refractivity contribution in [1.82, 2.24) is 10.2 Å². The Morgan fingerprint density at radius 2 is 1.70 bits per heavy atom. The lowest BCUT2D eigenvalue weighted by atomic mass is 10.0. The third-order valence-electron chi connectivity index (χ3n) is 7.45. The minimum absolute atomic E-state index is 0.0453. The van der Waals surface area contributed by atoms with Crippen molar-refractivity contribution in [2.45, 2.75) is 65.1 Å². The van der Waals surface area contributed by atoms with Crippen LogP contribution in [0.5, 0.6) is 5.75 Å². The number of hydrogen-bond acceptors (Lipinski definition) is 5. The molecule has 3 aromatic rings. The summed E-state index contributed by atoms with van der Waals surface area (Å²) in [6.07, 6.45) is 2.51. The van der Waals surface area contributed by atoms with Gasteiger partial charge in [-0.1, -0.05) is 73.1 Å². The van der Waals surface area contributed by atoms with Gasteiger partial charge in [-0.2, -0.15) is 0 Å². The Balaban J connectivity index is 1.90. The highest BCUT2D eigenvalue weighted by atomic mass is 35.5. The van der Waals surface area contributed by atoms with Crippen molar-refractivity contribution in [2.24, 2.45) is 0 Å².